The first-order valence-corrected chi connectivity index (χ1v) is 6.18. The molecule has 0 saturated heterocycles. The number of benzene rings is 1. The van der Waals surface area contributed by atoms with E-state index >= 15 is 0 Å². The number of aromatic hydroxyl groups is 1. The maximum Gasteiger partial charge on any atom is 0.303 e. The number of phenols is 1. The number of nitrogens with two attached hydrogens (primary N) is 1. The minimum absolute atomic E-state index is 0.00198. The molecule has 1 unspecified atom stereocenters. The second-order valence-corrected chi connectivity index (χ2v) is 4.45. The van der Waals surface area contributed by atoms with Gasteiger partial charge in [0.05, 0.1) is 13.2 Å². The van der Waals surface area contributed by atoms with Gasteiger partial charge in [-0.1, -0.05) is 0 Å². The Balaban J connectivity index is 2.20. The van der Waals surface area contributed by atoms with E-state index in [1.807, 2.05) is 0 Å². The zero-order valence-electron chi connectivity index (χ0n) is 10.5. The van der Waals surface area contributed by atoms with Crippen molar-refractivity contribution in [1.29, 1.82) is 0 Å². The summed E-state index contributed by atoms with van der Waals surface area (Å²) in [7, 11) is 0. The van der Waals surface area contributed by atoms with Crippen molar-refractivity contribution in [3.63, 3.8) is 0 Å². The fourth-order valence-electron chi connectivity index (χ4n) is 1.95. The Kier molecular flexibility index (Phi) is 4.11. The third-order valence-electron chi connectivity index (χ3n) is 2.97. The molecule has 0 fully saturated rings. The van der Waals surface area contributed by atoms with Gasteiger partial charge in [0.15, 0.2) is 11.5 Å². The SMILES string of the molecule is NC(CCC(=O)O)c1cc2c(cc1O)OCCCO2. The average molecular weight is 267 g/mol. The highest BCUT2D eigenvalue weighted by Gasteiger charge is 2.19. The molecule has 4 N–H and O–H groups in total. The molecule has 0 saturated carbocycles. The zero-order chi connectivity index (χ0) is 13.8. The molecule has 1 aromatic rings. The van der Waals surface area contributed by atoms with E-state index in [1.54, 1.807) is 6.07 Å². The molecule has 0 bridgehead atoms. The van der Waals surface area contributed by atoms with E-state index in [1.165, 1.54) is 6.07 Å². The van der Waals surface area contributed by atoms with Crippen LogP contribution in [0.1, 0.15) is 30.9 Å². The van der Waals surface area contributed by atoms with Gasteiger partial charge in [0, 0.05) is 30.5 Å². The molecule has 2 rings (SSSR count). The normalized spacial score (nSPS) is 15.6. The van der Waals surface area contributed by atoms with Crippen molar-refractivity contribution < 1.29 is 24.5 Å². The molecular formula is C13H17NO5. The van der Waals surface area contributed by atoms with Gasteiger partial charge in [-0.05, 0) is 12.5 Å². The summed E-state index contributed by atoms with van der Waals surface area (Å²) >= 11 is 0. The fraction of sp³-hybridized carbons (Fsp3) is 0.462. The number of ether oxygens (including phenoxy) is 2. The van der Waals surface area contributed by atoms with Gasteiger partial charge in [0.2, 0.25) is 0 Å². The van der Waals surface area contributed by atoms with Crippen LogP contribution < -0.4 is 15.2 Å². The molecule has 1 aliphatic rings. The Labute approximate surface area is 110 Å². The number of phenolic OH excluding ortho intramolecular Hbond substituents is 1. The average Bonchev–Trinajstić information content (AvgIpc) is 2.59. The molecule has 104 valence electrons. The maximum absolute atomic E-state index is 10.5. The molecule has 0 amide bonds. The van der Waals surface area contributed by atoms with Crippen molar-refractivity contribution in [2.24, 2.45) is 5.73 Å². The van der Waals surface area contributed by atoms with Crippen LogP contribution in [0, 0.1) is 0 Å². The number of carboxylic acids is 1. The number of carbonyl (C=O) groups is 1. The quantitative estimate of drug-likeness (QED) is 0.762. The molecule has 1 heterocycles. The standard InChI is InChI=1S/C13H17NO5/c14-9(2-3-13(16)17)8-6-11-12(7-10(8)15)19-5-1-4-18-11/h6-7,9,15H,1-5,14H2,(H,16,17). The smallest absolute Gasteiger partial charge is 0.303 e. The van der Waals surface area contributed by atoms with Crippen LogP contribution in [0.5, 0.6) is 17.2 Å². The van der Waals surface area contributed by atoms with Gasteiger partial charge in [-0.25, -0.2) is 0 Å². The minimum atomic E-state index is -0.913. The zero-order valence-corrected chi connectivity index (χ0v) is 10.5. The first-order valence-electron chi connectivity index (χ1n) is 6.18. The van der Waals surface area contributed by atoms with Crippen molar-refractivity contribution >= 4 is 5.97 Å². The summed E-state index contributed by atoms with van der Waals surface area (Å²) < 4.78 is 11.0. The number of rotatable bonds is 4. The van der Waals surface area contributed by atoms with Crippen LogP contribution >= 0.6 is 0 Å². The monoisotopic (exact) mass is 267 g/mol. The Morgan fingerprint density at radius 1 is 1.32 bits per heavy atom. The van der Waals surface area contributed by atoms with Crippen molar-refractivity contribution in [2.75, 3.05) is 13.2 Å². The highest BCUT2D eigenvalue weighted by Crippen LogP contribution is 2.38. The summed E-state index contributed by atoms with van der Waals surface area (Å²) in [6.07, 6.45) is 0.980. The first-order chi connectivity index (χ1) is 9.08. The lowest BCUT2D eigenvalue weighted by Crippen LogP contribution is -2.12. The van der Waals surface area contributed by atoms with Gasteiger partial charge in [-0.2, -0.15) is 0 Å². The summed E-state index contributed by atoms with van der Waals surface area (Å²) in [5.74, 6) is 0.117. The summed E-state index contributed by atoms with van der Waals surface area (Å²) in [5.41, 5.74) is 6.37. The third-order valence-corrected chi connectivity index (χ3v) is 2.97. The summed E-state index contributed by atoms with van der Waals surface area (Å²) in [4.78, 5) is 10.5. The summed E-state index contributed by atoms with van der Waals surface area (Å²) in [5, 5.41) is 18.6. The van der Waals surface area contributed by atoms with E-state index in [-0.39, 0.29) is 18.6 Å². The molecule has 6 nitrogen and oxygen atoms in total. The van der Waals surface area contributed by atoms with Crippen LogP contribution in [0.3, 0.4) is 0 Å². The van der Waals surface area contributed by atoms with Crippen molar-refractivity contribution in [3.8, 4) is 17.2 Å². The van der Waals surface area contributed by atoms with Gasteiger partial charge in [-0.15, -0.1) is 0 Å². The highest BCUT2D eigenvalue weighted by molar-refractivity contribution is 5.66. The second-order valence-electron chi connectivity index (χ2n) is 4.45. The van der Waals surface area contributed by atoms with Crippen molar-refractivity contribution in [3.05, 3.63) is 17.7 Å². The van der Waals surface area contributed by atoms with Crippen molar-refractivity contribution in [2.45, 2.75) is 25.3 Å². The maximum atomic E-state index is 10.5. The van der Waals surface area contributed by atoms with Gasteiger partial charge < -0.3 is 25.4 Å². The highest BCUT2D eigenvalue weighted by atomic mass is 16.5. The van der Waals surface area contributed by atoms with E-state index in [0.29, 0.717) is 30.3 Å². The Morgan fingerprint density at radius 3 is 2.58 bits per heavy atom. The van der Waals surface area contributed by atoms with E-state index in [0.717, 1.165) is 6.42 Å². The molecule has 1 aliphatic heterocycles. The van der Waals surface area contributed by atoms with Crippen LogP contribution in [0.2, 0.25) is 0 Å². The van der Waals surface area contributed by atoms with Crippen LogP contribution in [0.25, 0.3) is 0 Å². The molecule has 6 heteroatoms. The Morgan fingerprint density at radius 2 is 1.95 bits per heavy atom. The lowest BCUT2D eigenvalue weighted by atomic mass is 10.0. The van der Waals surface area contributed by atoms with Gasteiger partial charge in [0.25, 0.3) is 0 Å². The van der Waals surface area contributed by atoms with Gasteiger partial charge >= 0.3 is 5.97 Å². The van der Waals surface area contributed by atoms with Crippen LogP contribution in [-0.2, 0) is 4.79 Å². The second kappa shape index (κ2) is 5.79. The molecule has 0 radical (unpaired) electrons. The predicted molar refractivity (Wildman–Crippen MR) is 67.5 cm³/mol. The summed E-state index contributed by atoms with van der Waals surface area (Å²) in [6.45, 7) is 1.08. The molecule has 0 aliphatic carbocycles. The molecule has 1 aromatic carbocycles. The number of hydrogen-bond donors (Lipinski definition) is 3. The topological polar surface area (TPSA) is 102 Å². The Hall–Kier alpha value is -1.95. The fourth-order valence-corrected chi connectivity index (χ4v) is 1.95. The number of hydrogen-bond acceptors (Lipinski definition) is 5. The van der Waals surface area contributed by atoms with E-state index < -0.39 is 12.0 Å². The molecular weight excluding hydrogens is 250 g/mol. The Bertz CT molecular complexity index is 474. The van der Waals surface area contributed by atoms with Crippen LogP contribution in [0.15, 0.2) is 12.1 Å². The molecule has 0 spiro atoms. The number of aliphatic carboxylic acids is 1. The molecule has 1 atom stereocenters. The minimum Gasteiger partial charge on any atom is -0.507 e. The first kappa shape index (κ1) is 13.5. The molecule has 0 aromatic heterocycles. The van der Waals surface area contributed by atoms with E-state index in [9.17, 15) is 9.90 Å². The summed E-state index contributed by atoms with van der Waals surface area (Å²) in [6, 6.07) is 2.55. The number of carboxylic acid groups (broad SMARTS) is 1. The molecule has 19 heavy (non-hydrogen) atoms. The van der Waals surface area contributed by atoms with Crippen LogP contribution in [0.4, 0.5) is 0 Å². The lowest BCUT2D eigenvalue weighted by molar-refractivity contribution is -0.137. The number of fused-ring (bicyclic) bond motifs is 1. The van der Waals surface area contributed by atoms with Crippen molar-refractivity contribution in [1.82, 2.24) is 0 Å². The van der Waals surface area contributed by atoms with Gasteiger partial charge in [0.1, 0.15) is 5.75 Å². The lowest BCUT2D eigenvalue weighted by Gasteiger charge is -2.16. The largest absolute Gasteiger partial charge is 0.507 e. The van der Waals surface area contributed by atoms with E-state index in [2.05, 4.69) is 0 Å². The van der Waals surface area contributed by atoms with E-state index in [4.69, 9.17) is 20.3 Å². The van der Waals surface area contributed by atoms with Gasteiger partial charge in [-0.3, -0.25) is 4.79 Å². The third kappa shape index (κ3) is 3.29. The van der Waals surface area contributed by atoms with Crippen LogP contribution in [-0.4, -0.2) is 29.4 Å². The predicted octanol–water partition coefficient (Wildman–Crippen LogP) is 1.42.